The average molecular weight is 351 g/mol. The van der Waals surface area contributed by atoms with E-state index in [1.54, 1.807) is 12.1 Å². The Kier molecular flexibility index (Phi) is 5.40. The number of piperidine rings is 1. The van der Waals surface area contributed by atoms with E-state index in [1.807, 2.05) is 49.1 Å². The Morgan fingerprint density at radius 2 is 1.62 bits per heavy atom. The van der Waals surface area contributed by atoms with E-state index < -0.39 is 5.97 Å². The first-order chi connectivity index (χ1) is 12.5. The standard InChI is InChI=1S/C22H25NO3/c1-15-6-5-7-16(2)20(15)21(24)23-12-10-17(11-13-23)14-18-8-3-4-9-19(18)22(25)26/h3-9,17H,10-14H2,1-2H3,(H,25,26). The van der Waals surface area contributed by atoms with Crippen LogP contribution in [-0.4, -0.2) is 35.0 Å². The van der Waals surface area contributed by atoms with Crippen LogP contribution in [0.1, 0.15) is 50.2 Å². The average Bonchev–Trinajstić information content (AvgIpc) is 2.62. The molecule has 1 aliphatic heterocycles. The van der Waals surface area contributed by atoms with Crippen LogP contribution in [-0.2, 0) is 6.42 Å². The summed E-state index contributed by atoms with van der Waals surface area (Å²) in [6, 6.07) is 13.2. The largest absolute Gasteiger partial charge is 0.478 e. The maximum Gasteiger partial charge on any atom is 0.335 e. The molecule has 0 saturated carbocycles. The Labute approximate surface area is 154 Å². The van der Waals surface area contributed by atoms with Gasteiger partial charge in [0.15, 0.2) is 0 Å². The van der Waals surface area contributed by atoms with Gasteiger partial charge in [-0.3, -0.25) is 4.79 Å². The van der Waals surface area contributed by atoms with Crippen molar-refractivity contribution in [2.24, 2.45) is 5.92 Å². The molecule has 0 radical (unpaired) electrons. The highest BCUT2D eigenvalue weighted by Crippen LogP contribution is 2.25. The maximum atomic E-state index is 12.9. The quantitative estimate of drug-likeness (QED) is 0.902. The Morgan fingerprint density at radius 1 is 1.00 bits per heavy atom. The van der Waals surface area contributed by atoms with E-state index >= 15 is 0 Å². The van der Waals surface area contributed by atoms with Crippen LogP contribution in [0.3, 0.4) is 0 Å². The van der Waals surface area contributed by atoms with Crippen LogP contribution in [0.25, 0.3) is 0 Å². The molecule has 0 aromatic heterocycles. The number of aryl methyl sites for hydroxylation is 2. The van der Waals surface area contributed by atoms with E-state index in [0.29, 0.717) is 11.5 Å². The zero-order chi connectivity index (χ0) is 18.7. The summed E-state index contributed by atoms with van der Waals surface area (Å²) in [6.07, 6.45) is 2.57. The molecule has 0 spiro atoms. The molecule has 1 saturated heterocycles. The number of carboxylic acids is 1. The van der Waals surface area contributed by atoms with Crippen molar-refractivity contribution in [3.8, 4) is 0 Å². The predicted molar refractivity (Wildman–Crippen MR) is 102 cm³/mol. The lowest BCUT2D eigenvalue weighted by Gasteiger charge is -2.33. The highest BCUT2D eigenvalue weighted by atomic mass is 16.4. The molecule has 4 heteroatoms. The molecule has 1 heterocycles. The van der Waals surface area contributed by atoms with Crippen molar-refractivity contribution in [3.63, 3.8) is 0 Å². The van der Waals surface area contributed by atoms with Crippen LogP contribution < -0.4 is 0 Å². The van der Waals surface area contributed by atoms with Gasteiger partial charge >= 0.3 is 5.97 Å². The van der Waals surface area contributed by atoms with Gasteiger partial charge in [-0.1, -0.05) is 36.4 Å². The Morgan fingerprint density at radius 3 is 2.23 bits per heavy atom. The highest BCUT2D eigenvalue weighted by molar-refractivity contribution is 5.97. The SMILES string of the molecule is Cc1cccc(C)c1C(=O)N1CCC(Cc2ccccc2C(=O)O)CC1. The second-order valence-corrected chi connectivity index (χ2v) is 7.17. The molecule has 1 aliphatic rings. The molecule has 1 N–H and O–H groups in total. The van der Waals surface area contributed by atoms with Gasteiger partial charge in [-0.15, -0.1) is 0 Å². The Bertz CT molecular complexity index is 800. The molecule has 4 nitrogen and oxygen atoms in total. The Hall–Kier alpha value is -2.62. The third kappa shape index (κ3) is 3.79. The van der Waals surface area contributed by atoms with Crippen molar-refractivity contribution in [1.82, 2.24) is 4.90 Å². The van der Waals surface area contributed by atoms with Crippen molar-refractivity contribution in [1.29, 1.82) is 0 Å². The molecule has 1 fully saturated rings. The fourth-order valence-corrected chi connectivity index (χ4v) is 3.87. The summed E-state index contributed by atoms with van der Waals surface area (Å²) >= 11 is 0. The lowest BCUT2D eigenvalue weighted by molar-refractivity contribution is 0.0689. The van der Waals surface area contributed by atoms with Crippen molar-refractivity contribution >= 4 is 11.9 Å². The number of nitrogens with zero attached hydrogens (tertiary/aromatic N) is 1. The number of benzene rings is 2. The van der Waals surface area contributed by atoms with Gasteiger partial charge in [0.25, 0.3) is 5.91 Å². The zero-order valence-corrected chi connectivity index (χ0v) is 15.4. The highest BCUT2D eigenvalue weighted by Gasteiger charge is 2.26. The lowest BCUT2D eigenvalue weighted by atomic mass is 9.88. The molecule has 2 aromatic carbocycles. The third-order valence-electron chi connectivity index (χ3n) is 5.35. The molecule has 136 valence electrons. The van der Waals surface area contributed by atoms with Crippen LogP contribution in [0.15, 0.2) is 42.5 Å². The molecule has 0 aliphatic carbocycles. The minimum atomic E-state index is -0.872. The number of amides is 1. The monoisotopic (exact) mass is 351 g/mol. The van der Waals surface area contributed by atoms with Gasteiger partial charge in [-0.25, -0.2) is 4.79 Å². The second-order valence-electron chi connectivity index (χ2n) is 7.17. The van der Waals surface area contributed by atoms with Crippen LogP contribution in [0.5, 0.6) is 0 Å². The molecular formula is C22H25NO3. The van der Waals surface area contributed by atoms with Gasteiger partial charge in [-0.05, 0) is 61.8 Å². The molecule has 3 rings (SSSR count). The van der Waals surface area contributed by atoms with Gasteiger partial charge in [0.2, 0.25) is 0 Å². The predicted octanol–water partition coefficient (Wildman–Crippen LogP) is 4.10. The minimum Gasteiger partial charge on any atom is -0.478 e. The number of carbonyl (C=O) groups excluding carboxylic acids is 1. The fraction of sp³-hybridized carbons (Fsp3) is 0.364. The summed E-state index contributed by atoms with van der Waals surface area (Å²) in [5.41, 5.74) is 4.14. The van der Waals surface area contributed by atoms with Gasteiger partial charge in [-0.2, -0.15) is 0 Å². The topological polar surface area (TPSA) is 57.6 Å². The number of hydrogen-bond acceptors (Lipinski definition) is 2. The number of likely N-dealkylation sites (tertiary alicyclic amines) is 1. The van der Waals surface area contributed by atoms with Crippen LogP contribution in [0.4, 0.5) is 0 Å². The number of carbonyl (C=O) groups is 2. The van der Waals surface area contributed by atoms with Crippen LogP contribution in [0.2, 0.25) is 0 Å². The maximum absolute atomic E-state index is 12.9. The van der Waals surface area contributed by atoms with Crippen LogP contribution in [0, 0.1) is 19.8 Å². The summed E-state index contributed by atoms with van der Waals surface area (Å²) < 4.78 is 0. The molecular weight excluding hydrogens is 326 g/mol. The number of hydrogen-bond donors (Lipinski definition) is 1. The summed E-state index contributed by atoms with van der Waals surface area (Å²) in [5.74, 6) is -0.342. The minimum absolute atomic E-state index is 0.116. The van der Waals surface area contributed by atoms with E-state index in [1.165, 1.54) is 0 Å². The molecule has 26 heavy (non-hydrogen) atoms. The number of carboxylic acid groups (broad SMARTS) is 1. The zero-order valence-electron chi connectivity index (χ0n) is 15.4. The number of rotatable bonds is 4. The van der Waals surface area contributed by atoms with Gasteiger partial charge in [0, 0.05) is 18.7 Å². The molecule has 0 unspecified atom stereocenters. The first kappa shape index (κ1) is 18.2. The van der Waals surface area contributed by atoms with Crippen molar-refractivity contribution in [2.75, 3.05) is 13.1 Å². The first-order valence-corrected chi connectivity index (χ1v) is 9.14. The molecule has 1 amide bonds. The smallest absolute Gasteiger partial charge is 0.335 e. The fourth-order valence-electron chi connectivity index (χ4n) is 3.87. The summed E-state index contributed by atoms with van der Waals surface area (Å²) in [7, 11) is 0. The van der Waals surface area contributed by atoms with E-state index in [0.717, 1.165) is 54.6 Å². The number of aromatic carboxylic acids is 1. The van der Waals surface area contributed by atoms with Gasteiger partial charge < -0.3 is 10.0 Å². The summed E-state index contributed by atoms with van der Waals surface area (Å²) in [5, 5.41) is 9.34. The first-order valence-electron chi connectivity index (χ1n) is 9.14. The summed E-state index contributed by atoms with van der Waals surface area (Å²) in [6.45, 7) is 5.42. The van der Waals surface area contributed by atoms with Crippen LogP contribution >= 0.6 is 0 Å². The van der Waals surface area contributed by atoms with E-state index in [-0.39, 0.29) is 5.91 Å². The third-order valence-corrected chi connectivity index (χ3v) is 5.35. The Balaban J connectivity index is 1.65. The van der Waals surface area contributed by atoms with Gasteiger partial charge in [0.1, 0.15) is 0 Å². The van der Waals surface area contributed by atoms with Gasteiger partial charge in [0.05, 0.1) is 5.56 Å². The second kappa shape index (κ2) is 7.73. The normalized spacial score (nSPS) is 15.1. The van der Waals surface area contributed by atoms with Crippen molar-refractivity contribution in [2.45, 2.75) is 33.1 Å². The van der Waals surface area contributed by atoms with E-state index in [9.17, 15) is 14.7 Å². The molecule has 0 bridgehead atoms. The van der Waals surface area contributed by atoms with Crippen molar-refractivity contribution in [3.05, 3.63) is 70.3 Å². The molecule has 2 aromatic rings. The van der Waals surface area contributed by atoms with E-state index in [2.05, 4.69) is 0 Å². The van der Waals surface area contributed by atoms with Crippen molar-refractivity contribution < 1.29 is 14.7 Å². The molecule has 0 atom stereocenters. The lowest BCUT2D eigenvalue weighted by Crippen LogP contribution is -2.39. The van der Waals surface area contributed by atoms with E-state index in [4.69, 9.17) is 0 Å². The summed E-state index contributed by atoms with van der Waals surface area (Å²) in [4.78, 5) is 26.2.